The number of benzene rings is 2. The molecule has 2 aromatic carbocycles. The van der Waals surface area contributed by atoms with E-state index < -0.39 is 0 Å². The van der Waals surface area contributed by atoms with Gasteiger partial charge in [-0.15, -0.1) is 0 Å². The molecule has 0 atom stereocenters. The summed E-state index contributed by atoms with van der Waals surface area (Å²) >= 11 is 6.12. The van der Waals surface area contributed by atoms with Gasteiger partial charge in [-0.25, -0.2) is 4.79 Å². The fourth-order valence-electron chi connectivity index (χ4n) is 3.04. The maximum Gasteiger partial charge on any atom is 0.319 e. The highest BCUT2D eigenvalue weighted by atomic mass is 35.5. The summed E-state index contributed by atoms with van der Waals surface area (Å²) < 4.78 is 5.93. The van der Waals surface area contributed by atoms with Crippen molar-refractivity contribution in [3.8, 4) is 5.75 Å². The number of para-hydroxylation sites is 2. The summed E-state index contributed by atoms with van der Waals surface area (Å²) in [5.74, 6) is 0.671. The molecule has 2 aromatic rings. The fourth-order valence-corrected chi connectivity index (χ4v) is 3.24. The van der Waals surface area contributed by atoms with Crippen molar-refractivity contribution in [3.63, 3.8) is 0 Å². The van der Waals surface area contributed by atoms with Gasteiger partial charge in [-0.2, -0.15) is 0 Å². The predicted octanol–water partition coefficient (Wildman–Crippen LogP) is 3.29. The van der Waals surface area contributed by atoms with Crippen LogP contribution in [0.2, 0.25) is 5.02 Å². The van der Waals surface area contributed by atoms with Gasteiger partial charge in [0.2, 0.25) is 0 Å². The van der Waals surface area contributed by atoms with Crippen molar-refractivity contribution in [1.29, 1.82) is 0 Å². The minimum Gasteiger partial charge on any atom is -0.490 e. The van der Waals surface area contributed by atoms with Crippen LogP contribution in [-0.4, -0.2) is 62.2 Å². The van der Waals surface area contributed by atoms with Gasteiger partial charge in [0.25, 0.3) is 0 Å². The molecule has 7 heteroatoms. The van der Waals surface area contributed by atoms with E-state index in [1.54, 1.807) is 6.07 Å². The standard InChI is InChI=1S/C21H27ClN4O2/c1-25-10-12-26(13-11-25)14-15-28-20-9-5-4-8-19(20)24-21(27)23-16-17-6-2-3-7-18(17)22/h2-9H,10-16H2,1H3,(H2,23,24,27). The molecular weight excluding hydrogens is 376 g/mol. The number of nitrogens with one attached hydrogen (secondary N) is 2. The summed E-state index contributed by atoms with van der Waals surface area (Å²) in [6.45, 7) is 6.12. The number of halogens is 1. The first-order valence-electron chi connectivity index (χ1n) is 9.53. The molecule has 1 aliphatic rings. The molecule has 28 heavy (non-hydrogen) atoms. The highest BCUT2D eigenvalue weighted by molar-refractivity contribution is 6.31. The molecule has 2 N–H and O–H groups in total. The van der Waals surface area contributed by atoms with E-state index in [-0.39, 0.29) is 6.03 Å². The molecule has 3 rings (SSSR count). The van der Waals surface area contributed by atoms with Gasteiger partial charge in [-0.3, -0.25) is 4.90 Å². The number of rotatable bonds is 7. The van der Waals surface area contributed by atoms with E-state index in [0.29, 0.717) is 29.6 Å². The van der Waals surface area contributed by atoms with E-state index in [1.165, 1.54) is 0 Å². The first-order chi connectivity index (χ1) is 13.6. The van der Waals surface area contributed by atoms with Crippen LogP contribution in [0.15, 0.2) is 48.5 Å². The van der Waals surface area contributed by atoms with Crippen molar-refractivity contribution >= 4 is 23.3 Å². The van der Waals surface area contributed by atoms with Gasteiger partial charge in [-0.05, 0) is 30.8 Å². The van der Waals surface area contributed by atoms with Crippen LogP contribution >= 0.6 is 11.6 Å². The summed E-state index contributed by atoms with van der Waals surface area (Å²) in [6.07, 6.45) is 0. The minimum absolute atomic E-state index is 0.296. The van der Waals surface area contributed by atoms with E-state index in [0.717, 1.165) is 38.3 Å². The maximum absolute atomic E-state index is 12.3. The number of anilines is 1. The average Bonchev–Trinajstić information content (AvgIpc) is 2.70. The molecule has 0 radical (unpaired) electrons. The molecule has 0 spiro atoms. The van der Waals surface area contributed by atoms with Crippen LogP contribution in [0, 0.1) is 0 Å². The predicted molar refractivity (Wildman–Crippen MR) is 113 cm³/mol. The smallest absolute Gasteiger partial charge is 0.319 e. The molecule has 0 aromatic heterocycles. The van der Waals surface area contributed by atoms with E-state index in [9.17, 15) is 4.79 Å². The number of urea groups is 1. The quantitative estimate of drug-likeness (QED) is 0.746. The second-order valence-corrected chi connectivity index (χ2v) is 7.30. The number of hydrogen-bond acceptors (Lipinski definition) is 4. The Balaban J connectivity index is 1.47. The highest BCUT2D eigenvalue weighted by Crippen LogP contribution is 2.23. The zero-order valence-corrected chi connectivity index (χ0v) is 16.9. The Bertz CT molecular complexity index is 779. The second kappa shape index (κ2) is 10.3. The molecule has 150 valence electrons. The number of hydrogen-bond donors (Lipinski definition) is 2. The third-order valence-electron chi connectivity index (χ3n) is 4.79. The number of nitrogens with zero attached hydrogens (tertiary/aromatic N) is 2. The van der Waals surface area contributed by atoms with Crippen molar-refractivity contribution in [2.24, 2.45) is 0 Å². The summed E-state index contributed by atoms with van der Waals surface area (Å²) in [6, 6.07) is 14.6. The number of carbonyl (C=O) groups excluding carboxylic acids is 1. The normalized spacial score (nSPS) is 15.2. The van der Waals surface area contributed by atoms with Crippen molar-refractivity contribution in [3.05, 3.63) is 59.1 Å². The molecule has 0 aliphatic carbocycles. The lowest BCUT2D eigenvalue weighted by Crippen LogP contribution is -2.45. The molecule has 0 saturated carbocycles. The van der Waals surface area contributed by atoms with Crippen LogP contribution in [0.4, 0.5) is 10.5 Å². The Hall–Kier alpha value is -2.28. The third kappa shape index (κ3) is 6.12. The highest BCUT2D eigenvalue weighted by Gasteiger charge is 2.14. The van der Waals surface area contributed by atoms with Gasteiger partial charge in [0, 0.05) is 44.3 Å². The zero-order valence-electron chi connectivity index (χ0n) is 16.2. The number of carbonyl (C=O) groups is 1. The third-order valence-corrected chi connectivity index (χ3v) is 5.16. The Kier molecular flexibility index (Phi) is 7.54. The molecule has 2 amide bonds. The maximum atomic E-state index is 12.3. The van der Waals surface area contributed by atoms with Crippen LogP contribution in [0.25, 0.3) is 0 Å². The van der Waals surface area contributed by atoms with Crippen LogP contribution in [0.1, 0.15) is 5.56 Å². The summed E-state index contributed by atoms with van der Waals surface area (Å²) in [5.41, 5.74) is 1.52. The molecule has 1 heterocycles. The summed E-state index contributed by atoms with van der Waals surface area (Å²) in [7, 11) is 2.15. The summed E-state index contributed by atoms with van der Waals surface area (Å²) in [4.78, 5) is 17.0. The van der Waals surface area contributed by atoms with Gasteiger partial charge in [0.15, 0.2) is 0 Å². The topological polar surface area (TPSA) is 56.8 Å². The monoisotopic (exact) mass is 402 g/mol. The Labute approximate surface area is 171 Å². The lowest BCUT2D eigenvalue weighted by Gasteiger charge is -2.32. The van der Waals surface area contributed by atoms with Crippen molar-refractivity contribution in [2.45, 2.75) is 6.54 Å². The average molecular weight is 403 g/mol. The van der Waals surface area contributed by atoms with E-state index in [1.807, 2.05) is 42.5 Å². The Morgan fingerprint density at radius 2 is 1.79 bits per heavy atom. The Morgan fingerprint density at radius 3 is 2.57 bits per heavy atom. The minimum atomic E-state index is -0.296. The molecule has 6 nitrogen and oxygen atoms in total. The zero-order chi connectivity index (χ0) is 19.8. The lowest BCUT2D eigenvalue weighted by atomic mass is 10.2. The second-order valence-electron chi connectivity index (χ2n) is 6.89. The first-order valence-corrected chi connectivity index (χ1v) is 9.90. The van der Waals surface area contributed by atoms with Crippen LogP contribution in [0.5, 0.6) is 5.75 Å². The Morgan fingerprint density at radius 1 is 1.07 bits per heavy atom. The number of ether oxygens (including phenoxy) is 1. The van der Waals surface area contributed by atoms with Gasteiger partial charge < -0.3 is 20.3 Å². The largest absolute Gasteiger partial charge is 0.490 e. The van der Waals surface area contributed by atoms with Crippen LogP contribution in [-0.2, 0) is 6.54 Å². The first kappa shape index (κ1) is 20.5. The fraction of sp³-hybridized carbons (Fsp3) is 0.381. The van der Waals surface area contributed by atoms with Crippen molar-refractivity contribution < 1.29 is 9.53 Å². The van der Waals surface area contributed by atoms with E-state index in [2.05, 4.69) is 27.5 Å². The lowest BCUT2D eigenvalue weighted by molar-refractivity contribution is 0.134. The van der Waals surface area contributed by atoms with Gasteiger partial charge in [0.1, 0.15) is 12.4 Å². The molecule has 1 saturated heterocycles. The van der Waals surface area contributed by atoms with E-state index in [4.69, 9.17) is 16.3 Å². The summed E-state index contributed by atoms with van der Waals surface area (Å²) in [5, 5.41) is 6.32. The number of likely N-dealkylation sites (N-methyl/N-ethyl adjacent to an activating group) is 1. The van der Waals surface area contributed by atoms with E-state index >= 15 is 0 Å². The van der Waals surface area contributed by atoms with Crippen molar-refractivity contribution in [2.75, 3.05) is 51.7 Å². The molecule has 0 bridgehead atoms. The molecule has 0 unspecified atom stereocenters. The molecule has 1 fully saturated rings. The van der Waals surface area contributed by atoms with Crippen LogP contribution in [0.3, 0.4) is 0 Å². The van der Waals surface area contributed by atoms with Crippen molar-refractivity contribution in [1.82, 2.24) is 15.1 Å². The molecule has 1 aliphatic heterocycles. The van der Waals surface area contributed by atoms with Gasteiger partial charge in [-0.1, -0.05) is 41.9 Å². The van der Waals surface area contributed by atoms with Gasteiger partial charge >= 0.3 is 6.03 Å². The molecular formula is C21H27ClN4O2. The SMILES string of the molecule is CN1CCN(CCOc2ccccc2NC(=O)NCc2ccccc2Cl)CC1. The number of piperazine rings is 1. The number of amides is 2. The van der Waals surface area contributed by atoms with Gasteiger partial charge in [0.05, 0.1) is 5.69 Å². The van der Waals surface area contributed by atoms with Crippen LogP contribution < -0.4 is 15.4 Å².